The van der Waals surface area contributed by atoms with Crippen molar-refractivity contribution in [3.63, 3.8) is 0 Å². The molecule has 0 bridgehead atoms. The average molecular weight is 318 g/mol. The monoisotopic (exact) mass is 317 g/mol. The molecule has 1 saturated heterocycles. The van der Waals surface area contributed by atoms with E-state index in [0.717, 1.165) is 35.2 Å². The Morgan fingerprint density at radius 2 is 2.23 bits per heavy atom. The predicted octanol–water partition coefficient (Wildman–Crippen LogP) is 3.81. The molecule has 1 aromatic heterocycles. The maximum atomic E-state index is 5.98. The minimum atomic E-state index is 0.515. The van der Waals surface area contributed by atoms with E-state index < -0.39 is 0 Å². The minimum Gasteiger partial charge on any atom is -0.355 e. The molecule has 1 N–H and O–H groups in total. The summed E-state index contributed by atoms with van der Waals surface area (Å²) in [5.74, 6) is 2.09. The fourth-order valence-corrected chi connectivity index (χ4v) is 3.01. The summed E-state index contributed by atoms with van der Waals surface area (Å²) in [6, 6.07) is 5.69. The molecule has 116 valence electrons. The zero-order chi connectivity index (χ0) is 15.5. The van der Waals surface area contributed by atoms with Crippen LogP contribution in [0.25, 0.3) is 0 Å². The number of benzene rings is 1. The molecular weight excluding hydrogens is 298 g/mol. The molecule has 0 radical (unpaired) electrons. The van der Waals surface area contributed by atoms with Crippen molar-refractivity contribution < 1.29 is 0 Å². The second-order valence-electron chi connectivity index (χ2n) is 5.92. The van der Waals surface area contributed by atoms with Gasteiger partial charge >= 0.3 is 0 Å². The molecule has 0 aliphatic carbocycles. The molecule has 1 unspecified atom stereocenters. The Labute approximate surface area is 135 Å². The quantitative estimate of drug-likeness (QED) is 0.932. The molecule has 2 heterocycles. The van der Waals surface area contributed by atoms with Crippen LogP contribution in [0.15, 0.2) is 24.4 Å². The summed E-state index contributed by atoms with van der Waals surface area (Å²) in [6.07, 6.45) is 4.21. The van der Waals surface area contributed by atoms with Gasteiger partial charge in [-0.25, -0.2) is 0 Å². The van der Waals surface area contributed by atoms with Crippen LogP contribution in [0, 0.1) is 12.8 Å². The van der Waals surface area contributed by atoms with Crippen LogP contribution in [0.4, 0.5) is 17.5 Å². The molecule has 0 saturated carbocycles. The van der Waals surface area contributed by atoms with Crippen LogP contribution in [-0.2, 0) is 0 Å². The Balaban J connectivity index is 1.79. The van der Waals surface area contributed by atoms with Crippen LogP contribution in [0.1, 0.15) is 25.3 Å². The molecule has 1 aliphatic rings. The zero-order valence-electron chi connectivity index (χ0n) is 12.9. The molecule has 1 aromatic carbocycles. The standard InChI is InChI=1S/C16H20ClN5/c1-11-4-3-7-22(10-11)15-9-18-21-16(20-15)19-14-6-5-13(17)8-12(14)2/h5-6,8-9,11H,3-4,7,10H2,1-2H3,(H,19,20,21). The van der Waals surface area contributed by atoms with Gasteiger partial charge in [0.2, 0.25) is 5.95 Å². The molecule has 1 aliphatic heterocycles. The van der Waals surface area contributed by atoms with Crippen molar-refractivity contribution in [2.24, 2.45) is 5.92 Å². The zero-order valence-corrected chi connectivity index (χ0v) is 13.6. The highest BCUT2D eigenvalue weighted by atomic mass is 35.5. The van der Waals surface area contributed by atoms with Crippen LogP contribution < -0.4 is 10.2 Å². The second kappa shape index (κ2) is 6.48. The van der Waals surface area contributed by atoms with Crippen LogP contribution in [0.2, 0.25) is 5.02 Å². The number of aryl methyl sites for hydroxylation is 1. The van der Waals surface area contributed by atoms with Gasteiger partial charge in [-0.3, -0.25) is 0 Å². The lowest BCUT2D eigenvalue weighted by Crippen LogP contribution is -2.35. The van der Waals surface area contributed by atoms with E-state index in [2.05, 4.69) is 32.3 Å². The Kier molecular flexibility index (Phi) is 4.43. The summed E-state index contributed by atoms with van der Waals surface area (Å²) in [4.78, 5) is 6.88. The highest BCUT2D eigenvalue weighted by molar-refractivity contribution is 6.30. The summed E-state index contributed by atoms with van der Waals surface area (Å²) in [7, 11) is 0. The average Bonchev–Trinajstić information content (AvgIpc) is 2.50. The number of rotatable bonds is 3. The Bertz CT molecular complexity index is 661. The van der Waals surface area contributed by atoms with E-state index in [-0.39, 0.29) is 0 Å². The molecule has 2 aromatic rings. The summed E-state index contributed by atoms with van der Waals surface area (Å²) in [5, 5.41) is 12.1. The van der Waals surface area contributed by atoms with Gasteiger partial charge < -0.3 is 10.2 Å². The lowest BCUT2D eigenvalue weighted by Gasteiger charge is -2.31. The first kappa shape index (κ1) is 15.0. The van der Waals surface area contributed by atoms with E-state index >= 15 is 0 Å². The van der Waals surface area contributed by atoms with Crippen molar-refractivity contribution >= 4 is 29.1 Å². The number of hydrogen-bond acceptors (Lipinski definition) is 5. The van der Waals surface area contributed by atoms with Crippen molar-refractivity contribution in [1.82, 2.24) is 15.2 Å². The number of hydrogen-bond donors (Lipinski definition) is 1. The normalized spacial score (nSPS) is 18.3. The molecular formula is C16H20ClN5. The van der Waals surface area contributed by atoms with E-state index in [9.17, 15) is 0 Å². The third kappa shape index (κ3) is 3.47. The van der Waals surface area contributed by atoms with Gasteiger partial charge in [0.1, 0.15) is 0 Å². The summed E-state index contributed by atoms with van der Waals surface area (Å²) < 4.78 is 0. The number of anilines is 3. The fourth-order valence-electron chi connectivity index (χ4n) is 2.79. The summed E-state index contributed by atoms with van der Waals surface area (Å²) >= 11 is 5.98. The summed E-state index contributed by atoms with van der Waals surface area (Å²) in [5.41, 5.74) is 1.99. The first-order valence-electron chi connectivity index (χ1n) is 7.59. The van der Waals surface area contributed by atoms with Crippen LogP contribution in [-0.4, -0.2) is 28.3 Å². The van der Waals surface area contributed by atoms with Gasteiger partial charge in [0.05, 0.1) is 6.20 Å². The minimum absolute atomic E-state index is 0.515. The fraction of sp³-hybridized carbons (Fsp3) is 0.438. The van der Waals surface area contributed by atoms with Crippen molar-refractivity contribution in [3.8, 4) is 0 Å². The Morgan fingerprint density at radius 1 is 1.36 bits per heavy atom. The largest absolute Gasteiger partial charge is 0.355 e. The van der Waals surface area contributed by atoms with E-state index in [1.54, 1.807) is 6.20 Å². The maximum Gasteiger partial charge on any atom is 0.249 e. The van der Waals surface area contributed by atoms with Gasteiger partial charge in [0, 0.05) is 23.8 Å². The maximum absolute atomic E-state index is 5.98. The number of aromatic nitrogens is 3. The molecule has 1 atom stereocenters. The SMILES string of the molecule is Cc1cc(Cl)ccc1Nc1nncc(N2CCCC(C)C2)n1. The van der Waals surface area contributed by atoms with Crippen LogP contribution >= 0.6 is 11.6 Å². The predicted molar refractivity (Wildman–Crippen MR) is 89.9 cm³/mol. The van der Waals surface area contributed by atoms with Crippen LogP contribution in [0.3, 0.4) is 0 Å². The van der Waals surface area contributed by atoms with Gasteiger partial charge in [-0.2, -0.15) is 10.1 Å². The first-order chi connectivity index (χ1) is 10.6. The van der Waals surface area contributed by atoms with Crippen molar-refractivity contribution in [3.05, 3.63) is 35.0 Å². The smallest absolute Gasteiger partial charge is 0.249 e. The third-order valence-corrected chi connectivity index (χ3v) is 4.20. The molecule has 0 spiro atoms. The van der Waals surface area contributed by atoms with Crippen LogP contribution in [0.5, 0.6) is 0 Å². The van der Waals surface area contributed by atoms with Crippen molar-refractivity contribution in [2.75, 3.05) is 23.3 Å². The van der Waals surface area contributed by atoms with Crippen molar-refractivity contribution in [2.45, 2.75) is 26.7 Å². The van der Waals surface area contributed by atoms with E-state index in [4.69, 9.17) is 11.6 Å². The van der Waals surface area contributed by atoms with Gasteiger partial charge in [-0.05, 0) is 49.4 Å². The summed E-state index contributed by atoms with van der Waals surface area (Å²) in [6.45, 7) is 6.33. The number of nitrogens with one attached hydrogen (secondary N) is 1. The van der Waals surface area contributed by atoms with E-state index in [1.807, 2.05) is 25.1 Å². The van der Waals surface area contributed by atoms with Gasteiger partial charge in [-0.15, -0.1) is 5.10 Å². The molecule has 22 heavy (non-hydrogen) atoms. The third-order valence-electron chi connectivity index (χ3n) is 3.96. The van der Waals surface area contributed by atoms with Gasteiger partial charge in [0.25, 0.3) is 0 Å². The van der Waals surface area contributed by atoms with Gasteiger partial charge in [-0.1, -0.05) is 18.5 Å². The molecule has 1 fully saturated rings. The molecule has 3 rings (SSSR count). The second-order valence-corrected chi connectivity index (χ2v) is 6.35. The number of nitrogens with zero attached hydrogens (tertiary/aromatic N) is 4. The Morgan fingerprint density at radius 3 is 3.00 bits per heavy atom. The number of piperidine rings is 1. The molecule has 0 amide bonds. The Hall–Kier alpha value is -1.88. The van der Waals surface area contributed by atoms with E-state index in [0.29, 0.717) is 11.9 Å². The first-order valence-corrected chi connectivity index (χ1v) is 7.97. The molecule has 6 heteroatoms. The molecule has 5 nitrogen and oxygen atoms in total. The topological polar surface area (TPSA) is 53.9 Å². The van der Waals surface area contributed by atoms with E-state index in [1.165, 1.54) is 12.8 Å². The lowest BCUT2D eigenvalue weighted by atomic mass is 10.0. The highest BCUT2D eigenvalue weighted by Gasteiger charge is 2.18. The number of halogens is 1. The van der Waals surface area contributed by atoms with Gasteiger partial charge in [0.15, 0.2) is 5.82 Å². The highest BCUT2D eigenvalue weighted by Crippen LogP contribution is 2.24. The van der Waals surface area contributed by atoms with Crippen molar-refractivity contribution in [1.29, 1.82) is 0 Å². The lowest BCUT2D eigenvalue weighted by molar-refractivity contribution is 0.444.